The lowest BCUT2D eigenvalue weighted by Gasteiger charge is -2.09. The normalized spacial score (nSPS) is 16.5. The molecule has 1 atom stereocenters. The van der Waals surface area contributed by atoms with Crippen molar-refractivity contribution in [1.29, 1.82) is 0 Å². The van der Waals surface area contributed by atoms with Gasteiger partial charge in [0.1, 0.15) is 10.7 Å². The van der Waals surface area contributed by atoms with Gasteiger partial charge in [0, 0.05) is 12.3 Å². The SMILES string of the molecule is NC(=O)C1=Cc2cc(Oc3ccc(C(F)(F)F)cc3)ncc2S1=O. The van der Waals surface area contributed by atoms with Gasteiger partial charge in [-0.15, -0.1) is 0 Å². The van der Waals surface area contributed by atoms with Crippen LogP contribution in [0.3, 0.4) is 0 Å². The first kappa shape index (κ1) is 16.2. The van der Waals surface area contributed by atoms with Gasteiger partial charge in [-0.05, 0) is 35.9 Å². The van der Waals surface area contributed by atoms with Crippen molar-refractivity contribution >= 4 is 22.8 Å². The predicted octanol–water partition coefficient (Wildman–Crippen LogP) is 2.84. The van der Waals surface area contributed by atoms with Gasteiger partial charge in [-0.25, -0.2) is 9.19 Å². The van der Waals surface area contributed by atoms with E-state index in [0.29, 0.717) is 10.5 Å². The number of ether oxygens (including phenoxy) is 1. The van der Waals surface area contributed by atoms with E-state index < -0.39 is 28.4 Å². The van der Waals surface area contributed by atoms with Crippen molar-refractivity contribution < 1.29 is 26.9 Å². The standard InChI is InChI=1S/C15H9F3N2O3S/c16-15(17,18)9-1-3-10(4-2-9)23-13-6-8-5-11(14(19)21)24(22)12(8)7-20-13/h1-7H,(H2,19,21). The van der Waals surface area contributed by atoms with E-state index in [1.165, 1.54) is 30.5 Å². The highest BCUT2D eigenvalue weighted by Gasteiger charge is 2.30. The number of fused-ring (bicyclic) bond motifs is 1. The van der Waals surface area contributed by atoms with Gasteiger partial charge < -0.3 is 10.5 Å². The third kappa shape index (κ3) is 3.02. The van der Waals surface area contributed by atoms with E-state index in [0.717, 1.165) is 12.1 Å². The summed E-state index contributed by atoms with van der Waals surface area (Å²) in [5.74, 6) is -0.545. The number of hydrogen-bond acceptors (Lipinski definition) is 4. The van der Waals surface area contributed by atoms with Crippen LogP contribution in [0.5, 0.6) is 11.6 Å². The van der Waals surface area contributed by atoms with E-state index in [9.17, 15) is 22.2 Å². The molecule has 1 aliphatic heterocycles. The van der Waals surface area contributed by atoms with Crippen LogP contribution in [-0.2, 0) is 21.8 Å². The Balaban J connectivity index is 1.84. The number of benzene rings is 1. The number of pyridine rings is 1. The first-order valence-corrected chi connectivity index (χ1v) is 7.69. The molecule has 5 nitrogen and oxygen atoms in total. The van der Waals surface area contributed by atoms with Gasteiger partial charge in [-0.3, -0.25) is 4.79 Å². The summed E-state index contributed by atoms with van der Waals surface area (Å²) in [4.78, 5) is 15.4. The zero-order valence-electron chi connectivity index (χ0n) is 11.8. The van der Waals surface area contributed by atoms with E-state index >= 15 is 0 Å². The molecule has 2 heterocycles. The minimum Gasteiger partial charge on any atom is -0.439 e. The molecule has 2 N–H and O–H groups in total. The van der Waals surface area contributed by atoms with E-state index in [2.05, 4.69) is 4.98 Å². The molecule has 0 spiro atoms. The van der Waals surface area contributed by atoms with E-state index in [1.54, 1.807) is 0 Å². The molecule has 1 amide bonds. The molecule has 0 saturated heterocycles. The van der Waals surface area contributed by atoms with E-state index in [-0.39, 0.29) is 16.5 Å². The molecule has 0 bridgehead atoms. The summed E-state index contributed by atoms with van der Waals surface area (Å²) in [5.41, 5.74) is 4.80. The molecule has 9 heteroatoms. The number of nitrogens with two attached hydrogens (primary N) is 1. The summed E-state index contributed by atoms with van der Waals surface area (Å²) in [6.45, 7) is 0. The first-order valence-electron chi connectivity index (χ1n) is 6.54. The average Bonchev–Trinajstić information content (AvgIpc) is 2.84. The number of rotatable bonds is 3. The topological polar surface area (TPSA) is 82.3 Å². The second kappa shape index (κ2) is 5.75. The minimum atomic E-state index is -4.43. The Hall–Kier alpha value is -2.68. The molecular weight excluding hydrogens is 345 g/mol. The third-order valence-electron chi connectivity index (χ3n) is 3.21. The van der Waals surface area contributed by atoms with Crippen LogP contribution < -0.4 is 10.5 Å². The highest BCUT2D eigenvalue weighted by atomic mass is 32.2. The molecule has 124 valence electrons. The summed E-state index contributed by atoms with van der Waals surface area (Å²) < 4.78 is 54.9. The Bertz CT molecular complexity index is 877. The molecule has 1 aromatic carbocycles. The van der Waals surface area contributed by atoms with Crippen molar-refractivity contribution in [3.8, 4) is 11.6 Å². The lowest BCUT2D eigenvalue weighted by Crippen LogP contribution is -2.15. The molecule has 0 aliphatic carbocycles. The fourth-order valence-electron chi connectivity index (χ4n) is 2.07. The van der Waals surface area contributed by atoms with Crippen molar-refractivity contribution in [2.45, 2.75) is 11.1 Å². The summed E-state index contributed by atoms with van der Waals surface area (Å²) in [7, 11) is -1.69. The molecule has 1 aliphatic rings. The number of aromatic nitrogens is 1. The van der Waals surface area contributed by atoms with Gasteiger partial charge in [0.05, 0.1) is 21.3 Å². The second-order valence-electron chi connectivity index (χ2n) is 4.83. The average molecular weight is 354 g/mol. The third-order valence-corrected chi connectivity index (χ3v) is 4.66. The zero-order chi connectivity index (χ0) is 17.5. The number of halogens is 3. The number of nitrogens with zero attached hydrogens (tertiary/aromatic N) is 1. The molecule has 0 saturated carbocycles. The molecule has 1 aromatic heterocycles. The molecular formula is C15H9F3N2O3S. The Labute approximate surface area is 136 Å². The van der Waals surface area contributed by atoms with Crippen LogP contribution >= 0.6 is 0 Å². The van der Waals surface area contributed by atoms with Crippen LogP contribution in [0.15, 0.2) is 46.3 Å². The summed E-state index contributed by atoms with van der Waals surface area (Å²) in [6.07, 6.45) is -1.78. The number of alkyl halides is 3. The van der Waals surface area contributed by atoms with Gasteiger partial charge >= 0.3 is 6.18 Å². The lowest BCUT2D eigenvalue weighted by molar-refractivity contribution is -0.137. The van der Waals surface area contributed by atoms with E-state index in [4.69, 9.17) is 10.5 Å². The first-order chi connectivity index (χ1) is 11.3. The fraction of sp³-hybridized carbons (Fsp3) is 0.0667. The fourth-order valence-corrected chi connectivity index (χ4v) is 3.20. The van der Waals surface area contributed by atoms with Crippen LogP contribution in [0.2, 0.25) is 0 Å². The van der Waals surface area contributed by atoms with Gasteiger partial charge in [0.25, 0.3) is 5.91 Å². The van der Waals surface area contributed by atoms with Gasteiger partial charge in [0.15, 0.2) is 0 Å². The molecule has 3 rings (SSSR count). The van der Waals surface area contributed by atoms with Crippen molar-refractivity contribution in [2.75, 3.05) is 0 Å². The van der Waals surface area contributed by atoms with Crippen LogP contribution in [0.4, 0.5) is 13.2 Å². The van der Waals surface area contributed by atoms with Crippen LogP contribution in [0.25, 0.3) is 6.08 Å². The van der Waals surface area contributed by atoms with Gasteiger partial charge in [-0.1, -0.05) is 0 Å². The molecule has 0 fully saturated rings. The number of carbonyl (C=O) groups is 1. The number of hydrogen-bond donors (Lipinski definition) is 1. The minimum absolute atomic E-state index is 0.0431. The number of primary amides is 1. The van der Waals surface area contributed by atoms with Gasteiger partial charge in [-0.2, -0.15) is 13.2 Å². The monoisotopic (exact) mass is 354 g/mol. The van der Waals surface area contributed by atoms with E-state index in [1.807, 2.05) is 0 Å². The molecule has 2 aromatic rings. The number of carbonyl (C=O) groups excluding carboxylic acids is 1. The van der Waals surface area contributed by atoms with Crippen molar-refractivity contribution in [1.82, 2.24) is 4.98 Å². The maximum atomic E-state index is 12.5. The Morgan fingerprint density at radius 3 is 2.46 bits per heavy atom. The predicted molar refractivity (Wildman–Crippen MR) is 79.3 cm³/mol. The molecule has 0 radical (unpaired) electrons. The van der Waals surface area contributed by atoms with Gasteiger partial charge in [0.2, 0.25) is 5.88 Å². The maximum Gasteiger partial charge on any atom is 0.416 e. The van der Waals surface area contributed by atoms with Crippen LogP contribution in [0.1, 0.15) is 11.1 Å². The highest BCUT2D eigenvalue weighted by Crippen LogP contribution is 2.33. The van der Waals surface area contributed by atoms with Crippen molar-refractivity contribution in [3.05, 3.63) is 52.6 Å². The summed E-state index contributed by atoms with van der Waals surface area (Å²) >= 11 is 0. The lowest BCUT2D eigenvalue weighted by atomic mass is 10.2. The van der Waals surface area contributed by atoms with Crippen molar-refractivity contribution in [3.63, 3.8) is 0 Å². The largest absolute Gasteiger partial charge is 0.439 e. The zero-order valence-corrected chi connectivity index (χ0v) is 12.6. The Morgan fingerprint density at radius 2 is 1.88 bits per heavy atom. The number of amides is 1. The smallest absolute Gasteiger partial charge is 0.416 e. The quantitative estimate of drug-likeness (QED) is 0.919. The Kier molecular flexibility index (Phi) is 3.88. The van der Waals surface area contributed by atoms with Crippen LogP contribution in [-0.4, -0.2) is 15.1 Å². The van der Waals surface area contributed by atoms with Crippen LogP contribution in [0, 0.1) is 0 Å². The maximum absolute atomic E-state index is 12.5. The molecule has 24 heavy (non-hydrogen) atoms. The Morgan fingerprint density at radius 1 is 1.21 bits per heavy atom. The second-order valence-corrected chi connectivity index (χ2v) is 6.24. The summed E-state index contributed by atoms with van der Waals surface area (Å²) in [5, 5.41) is 0. The summed E-state index contributed by atoms with van der Waals surface area (Å²) in [6, 6.07) is 5.55. The highest BCUT2D eigenvalue weighted by molar-refractivity contribution is 7.90. The van der Waals surface area contributed by atoms with Crippen molar-refractivity contribution in [2.24, 2.45) is 5.73 Å². The molecule has 1 unspecified atom stereocenters.